The highest BCUT2D eigenvalue weighted by Crippen LogP contribution is 2.23. The van der Waals surface area contributed by atoms with Crippen LogP contribution >= 0.6 is 0 Å². The summed E-state index contributed by atoms with van der Waals surface area (Å²) in [6.07, 6.45) is 5.63. The molecule has 0 aliphatic carbocycles. The number of rotatable bonds is 4. The number of hydrogen-bond acceptors (Lipinski definition) is 2. The predicted molar refractivity (Wildman–Crippen MR) is 94.0 cm³/mol. The first-order valence-electron chi connectivity index (χ1n) is 7.92. The second-order valence-corrected chi connectivity index (χ2v) is 5.66. The van der Waals surface area contributed by atoms with Crippen LogP contribution in [0.25, 0.3) is 10.8 Å². The highest BCUT2D eigenvalue weighted by atomic mass is 16.5. The van der Waals surface area contributed by atoms with Gasteiger partial charge in [0.05, 0.1) is 6.20 Å². The molecule has 3 heteroatoms. The zero-order valence-corrected chi connectivity index (χ0v) is 13.2. The van der Waals surface area contributed by atoms with E-state index >= 15 is 0 Å². The average Bonchev–Trinajstić information content (AvgIpc) is 2.63. The lowest BCUT2D eigenvalue weighted by Gasteiger charge is -2.05. The molecule has 24 heavy (non-hydrogen) atoms. The first-order chi connectivity index (χ1) is 11.9. The van der Waals surface area contributed by atoms with E-state index in [1.165, 1.54) is 10.9 Å². The monoisotopic (exact) mass is 313 g/mol. The van der Waals surface area contributed by atoms with Crippen molar-refractivity contribution in [3.05, 3.63) is 97.0 Å². The van der Waals surface area contributed by atoms with Crippen LogP contribution in [0, 0.1) is 0 Å². The standard InChI is InChI=1S/C21H17N2O/c1-2-6-17(7-3-1)15-23-13-12-22-21(16-23)24-20-11-10-18-8-4-5-9-19(18)14-20/h1-14,16H,15H2/q+1. The Morgan fingerprint density at radius 2 is 1.62 bits per heavy atom. The summed E-state index contributed by atoms with van der Waals surface area (Å²) in [6, 6.07) is 24.6. The zero-order valence-electron chi connectivity index (χ0n) is 13.2. The van der Waals surface area contributed by atoms with Gasteiger partial charge in [0.25, 0.3) is 5.88 Å². The molecule has 1 heterocycles. The SMILES string of the molecule is c1ccc(C[n+]2ccnc(Oc3ccc4ccccc4c3)c2)cc1. The predicted octanol–water partition coefficient (Wildman–Crippen LogP) is 4.36. The molecule has 4 rings (SSSR count). The van der Waals surface area contributed by atoms with E-state index in [9.17, 15) is 0 Å². The average molecular weight is 313 g/mol. The third-order valence-corrected chi connectivity index (χ3v) is 3.89. The Balaban J connectivity index is 1.56. The van der Waals surface area contributed by atoms with Crippen molar-refractivity contribution in [3.8, 4) is 11.6 Å². The van der Waals surface area contributed by atoms with Crippen molar-refractivity contribution in [2.24, 2.45) is 0 Å². The summed E-state index contributed by atoms with van der Waals surface area (Å²) in [5.41, 5.74) is 1.24. The molecule has 0 fully saturated rings. The highest BCUT2D eigenvalue weighted by Gasteiger charge is 2.07. The van der Waals surface area contributed by atoms with Crippen LogP contribution < -0.4 is 9.30 Å². The maximum Gasteiger partial charge on any atom is 0.285 e. The Morgan fingerprint density at radius 1 is 0.833 bits per heavy atom. The van der Waals surface area contributed by atoms with Crippen molar-refractivity contribution in [1.82, 2.24) is 4.98 Å². The van der Waals surface area contributed by atoms with Crippen molar-refractivity contribution < 1.29 is 9.30 Å². The van der Waals surface area contributed by atoms with Crippen molar-refractivity contribution in [1.29, 1.82) is 0 Å². The Bertz CT molecular complexity index is 967. The minimum atomic E-state index is 0.587. The molecule has 0 N–H and O–H groups in total. The Labute approximate surface area is 140 Å². The van der Waals surface area contributed by atoms with Gasteiger partial charge in [-0.2, -0.15) is 4.57 Å². The van der Waals surface area contributed by atoms with Gasteiger partial charge in [0.2, 0.25) is 6.20 Å². The number of benzene rings is 3. The molecule has 0 radical (unpaired) electrons. The number of ether oxygens (including phenoxy) is 1. The molecule has 1 aromatic heterocycles. The molecule has 0 aliphatic heterocycles. The Morgan fingerprint density at radius 3 is 2.50 bits per heavy atom. The molecule has 0 spiro atoms. The summed E-state index contributed by atoms with van der Waals surface area (Å²) < 4.78 is 8.00. The molecule has 3 nitrogen and oxygen atoms in total. The van der Waals surface area contributed by atoms with E-state index in [0.717, 1.165) is 17.7 Å². The minimum Gasteiger partial charge on any atom is -0.434 e. The second-order valence-electron chi connectivity index (χ2n) is 5.66. The molecule has 0 aliphatic rings. The molecule has 4 aromatic rings. The second kappa shape index (κ2) is 6.50. The van der Waals surface area contributed by atoms with Gasteiger partial charge in [-0.1, -0.05) is 60.7 Å². The lowest BCUT2D eigenvalue weighted by Crippen LogP contribution is -2.33. The normalized spacial score (nSPS) is 10.7. The van der Waals surface area contributed by atoms with E-state index < -0.39 is 0 Å². The van der Waals surface area contributed by atoms with Gasteiger partial charge in [0, 0.05) is 5.56 Å². The molecular formula is C21H17N2O+. The molecule has 0 saturated heterocycles. The third-order valence-electron chi connectivity index (χ3n) is 3.89. The van der Waals surface area contributed by atoms with E-state index in [2.05, 4.69) is 39.9 Å². The fourth-order valence-corrected chi connectivity index (χ4v) is 2.71. The number of hydrogen-bond donors (Lipinski definition) is 0. The third kappa shape index (κ3) is 3.25. The van der Waals surface area contributed by atoms with Gasteiger partial charge >= 0.3 is 0 Å². The van der Waals surface area contributed by atoms with E-state index in [-0.39, 0.29) is 0 Å². The van der Waals surface area contributed by atoms with Crippen molar-refractivity contribution >= 4 is 10.8 Å². The maximum absolute atomic E-state index is 5.93. The van der Waals surface area contributed by atoms with Crippen LogP contribution in [0.5, 0.6) is 11.6 Å². The smallest absolute Gasteiger partial charge is 0.285 e. The lowest BCUT2D eigenvalue weighted by atomic mass is 10.1. The molecule has 0 atom stereocenters. The fraction of sp³-hybridized carbons (Fsp3) is 0.0476. The van der Waals surface area contributed by atoms with Gasteiger partial charge in [0.1, 0.15) is 5.75 Å². The summed E-state index contributed by atoms with van der Waals surface area (Å²) >= 11 is 0. The quantitative estimate of drug-likeness (QED) is 0.523. The molecule has 0 amide bonds. The van der Waals surface area contributed by atoms with Crippen LogP contribution in [-0.4, -0.2) is 4.98 Å². The largest absolute Gasteiger partial charge is 0.434 e. The molecule has 0 bridgehead atoms. The van der Waals surface area contributed by atoms with E-state index in [1.807, 2.05) is 54.9 Å². The van der Waals surface area contributed by atoms with Crippen LogP contribution in [0.2, 0.25) is 0 Å². The van der Waals surface area contributed by atoms with Gasteiger partial charge in [-0.3, -0.25) is 0 Å². The van der Waals surface area contributed by atoms with E-state index in [4.69, 9.17) is 4.74 Å². The van der Waals surface area contributed by atoms with Crippen LogP contribution in [0.15, 0.2) is 91.4 Å². The van der Waals surface area contributed by atoms with Gasteiger partial charge in [0.15, 0.2) is 12.7 Å². The summed E-state index contributed by atoms with van der Waals surface area (Å²) in [4.78, 5) is 4.31. The van der Waals surface area contributed by atoms with Crippen LogP contribution in [0.3, 0.4) is 0 Å². The van der Waals surface area contributed by atoms with Gasteiger partial charge in [-0.25, -0.2) is 4.98 Å². The van der Waals surface area contributed by atoms with Crippen LogP contribution in [0.1, 0.15) is 5.56 Å². The van der Waals surface area contributed by atoms with Crippen molar-refractivity contribution in [2.75, 3.05) is 0 Å². The molecule has 0 unspecified atom stereocenters. The molecule has 0 saturated carbocycles. The minimum absolute atomic E-state index is 0.587. The molecule has 3 aromatic carbocycles. The summed E-state index contributed by atoms with van der Waals surface area (Å²) in [7, 11) is 0. The summed E-state index contributed by atoms with van der Waals surface area (Å²) in [5.74, 6) is 1.38. The summed E-state index contributed by atoms with van der Waals surface area (Å²) in [6.45, 7) is 0.789. The highest BCUT2D eigenvalue weighted by molar-refractivity contribution is 5.83. The number of nitrogens with zero attached hydrogens (tertiary/aromatic N) is 2. The fourth-order valence-electron chi connectivity index (χ4n) is 2.71. The lowest BCUT2D eigenvalue weighted by molar-refractivity contribution is -0.689. The van der Waals surface area contributed by atoms with Crippen LogP contribution in [-0.2, 0) is 6.54 Å². The van der Waals surface area contributed by atoms with Crippen LogP contribution in [0.4, 0.5) is 0 Å². The topological polar surface area (TPSA) is 26.0 Å². The molecular weight excluding hydrogens is 296 g/mol. The van der Waals surface area contributed by atoms with Crippen molar-refractivity contribution in [3.63, 3.8) is 0 Å². The maximum atomic E-state index is 5.93. The summed E-state index contributed by atoms with van der Waals surface area (Å²) in [5, 5.41) is 2.35. The van der Waals surface area contributed by atoms with Gasteiger partial charge < -0.3 is 4.74 Å². The first kappa shape index (κ1) is 14.4. The Hall–Kier alpha value is -3.20. The Kier molecular flexibility index (Phi) is 3.90. The van der Waals surface area contributed by atoms with Crippen molar-refractivity contribution in [2.45, 2.75) is 6.54 Å². The number of aromatic nitrogens is 2. The molecule has 116 valence electrons. The van der Waals surface area contributed by atoms with Gasteiger partial charge in [-0.15, -0.1) is 0 Å². The van der Waals surface area contributed by atoms with E-state index in [1.54, 1.807) is 6.20 Å². The number of fused-ring (bicyclic) bond motifs is 1. The zero-order chi connectivity index (χ0) is 16.2. The van der Waals surface area contributed by atoms with E-state index in [0.29, 0.717) is 5.88 Å². The first-order valence-corrected chi connectivity index (χ1v) is 7.92. The van der Waals surface area contributed by atoms with Gasteiger partial charge in [-0.05, 0) is 22.9 Å².